The van der Waals surface area contributed by atoms with Crippen molar-refractivity contribution >= 4 is 34.8 Å². The van der Waals surface area contributed by atoms with Crippen LogP contribution >= 0.6 is 11.6 Å². The molecule has 0 atom stereocenters. The number of rotatable bonds is 5. The highest BCUT2D eigenvalue weighted by atomic mass is 35.5. The molecule has 1 aliphatic heterocycles. The van der Waals surface area contributed by atoms with Gasteiger partial charge >= 0.3 is 0 Å². The molecule has 2 amide bonds. The van der Waals surface area contributed by atoms with E-state index in [1.165, 1.54) is 19.1 Å². The Balaban J connectivity index is 1.80. The van der Waals surface area contributed by atoms with Crippen LogP contribution in [-0.2, 0) is 16.1 Å². The van der Waals surface area contributed by atoms with E-state index in [0.29, 0.717) is 43.1 Å². The normalized spacial score (nSPS) is 13.9. The molecule has 1 fully saturated rings. The molecular weight excluding hydrogens is 385 g/mol. The summed E-state index contributed by atoms with van der Waals surface area (Å²) in [4.78, 5) is 26.2. The minimum Gasteiger partial charge on any atom is -0.378 e. The number of benzene rings is 2. The van der Waals surface area contributed by atoms with Gasteiger partial charge in [-0.2, -0.15) is 0 Å². The van der Waals surface area contributed by atoms with Crippen LogP contribution in [0.15, 0.2) is 36.4 Å². The summed E-state index contributed by atoms with van der Waals surface area (Å²) in [6, 6.07) is 9.49. The highest BCUT2D eigenvalue weighted by Crippen LogP contribution is 2.26. The van der Waals surface area contributed by atoms with Gasteiger partial charge in [-0.1, -0.05) is 17.7 Å². The molecule has 2 N–H and O–H groups in total. The number of carbonyl (C=O) groups excluding carboxylic acids is 2. The maximum atomic E-state index is 13.3. The zero-order valence-corrected chi connectivity index (χ0v) is 16.2. The van der Waals surface area contributed by atoms with E-state index >= 15 is 0 Å². The van der Waals surface area contributed by atoms with Gasteiger partial charge in [-0.25, -0.2) is 4.39 Å². The Bertz CT molecular complexity index is 885. The van der Waals surface area contributed by atoms with Crippen molar-refractivity contribution in [3.8, 4) is 0 Å². The summed E-state index contributed by atoms with van der Waals surface area (Å²) < 4.78 is 18.7. The van der Waals surface area contributed by atoms with Gasteiger partial charge < -0.3 is 20.3 Å². The van der Waals surface area contributed by atoms with Gasteiger partial charge in [0.25, 0.3) is 5.91 Å². The summed E-state index contributed by atoms with van der Waals surface area (Å²) in [7, 11) is 0. The fraction of sp³-hybridized carbons (Fsp3) is 0.300. The number of carbonyl (C=O) groups is 2. The lowest BCUT2D eigenvalue weighted by Crippen LogP contribution is -2.38. The number of nitrogens with zero attached hydrogens (tertiary/aromatic N) is 1. The number of hydrogen-bond acceptors (Lipinski definition) is 4. The first kappa shape index (κ1) is 20.1. The van der Waals surface area contributed by atoms with Crippen LogP contribution in [0.3, 0.4) is 0 Å². The summed E-state index contributed by atoms with van der Waals surface area (Å²) in [6.07, 6.45) is 0. The number of hydrogen-bond donors (Lipinski definition) is 2. The number of amides is 2. The Kier molecular flexibility index (Phi) is 6.49. The van der Waals surface area contributed by atoms with Crippen molar-refractivity contribution in [1.29, 1.82) is 0 Å². The molecule has 28 heavy (non-hydrogen) atoms. The topological polar surface area (TPSA) is 70.7 Å². The standard InChI is InChI=1S/C20H21ClFN3O3/c1-13(26)24-15-3-4-16(19(11-15)25-6-8-28-9-7-25)20(27)23-12-14-2-5-18(22)17(21)10-14/h2-5,10-11H,6-9,12H2,1H3,(H,23,27)(H,24,26). The molecule has 2 aromatic rings. The summed E-state index contributed by atoms with van der Waals surface area (Å²) in [5, 5.41) is 5.59. The molecule has 0 bridgehead atoms. The van der Waals surface area contributed by atoms with Gasteiger partial charge in [-0.15, -0.1) is 0 Å². The van der Waals surface area contributed by atoms with Crippen molar-refractivity contribution in [2.45, 2.75) is 13.5 Å². The van der Waals surface area contributed by atoms with E-state index in [1.807, 2.05) is 0 Å². The molecule has 0 saturated carbocycles. The third kappa shape index (κ3) is 4.99. The minimum absolute atomic E-state index is 0.0143. The first-order valence-corrected chi connectivity index (χ1v) is 9.28. The van der Waals surface area contributed by atoms with Crippen molar-refractivity contribution in [3.05, 3.63) is 58.4 Å². The van der Waals surface area contributed by atoms with Crippen LogP contribution in [-0.4, -0.2) is 38.1 Å². The van der Waals surface area contributed by atoms with E-state index in [9.17, 15) is 14.0 Å². The highest BCUT2D eigenvalue weighted by molar-refractivity contribution is 6.30. The molecule has 0 unspecified atom stereocenters. The van der Waals surface area contributed by atoms with E-state index < -0.39 is 5.82 Å². The molecule has 0 aromatic heterocycles. The molecule has 3 rings (SSSR count). The number of halogens is 2. The lowest BCUT2D eigenvalue weighted by molar-refractivity contribution is -0.114. The van der Waals surface area contributed by atoms with E-state index in [1.54, 1.807) is 24.3 Å². The third-order valence-corrected chi connectivity index (χ3v) is 4.64. The average molecular weight is 406 g/mol. The molecule has 0 radical (unpaired) electrons. The molecule has 0 spiro atoms. The van der Waals surface area contributed by atoms with Gasteiger partial charge in [-0.3, -0.25) is 9.59 Å². The van der Waals surface area contributed by atoms with E-state index in [0.717, 1.165) is 5.69 Å². The largest absolute Gasteiger partial charge is 0.378 e. The van der Waals surface area contributed by atoms with Crippen molar-refractivity contribution in [2.75, 3.05) is 36.5 Å². The smallest absolute Gasteiger partial charge is 0.253 e. The highest BCUT2D eigenvalue weighted by Gasteiger charge is 2.20. The van der Waals surface area contributed by atoms with Gasteiger partial charge in [0.15, 0.2) is 0 Å². The Morgan fingerprint density at radius 2 is 1.93 bits per heavy atom. The van der Waals surface area contributed by atoms with Crippen LogP contribution in [0.1, 0.15) is 22.8 Å². The van der Waals surface area contributed by atoms with E-state index in [2.05, 4.69) is 15.5 Å². The number of morpholine rings is 1. The van der Waals surface area contributed by atoms with Gasteiger partial charge in [0, 0.05) is 32.2 Å². The lowest BCUT2D eigenvalue weighted by Gasteiger charge is -2.30. The third-order valence-electron chi connectivity index (χ3n) is 4.35. The van der Waals surface area contributed by atoms with Gasteiger partial charge in [0.1, 0.15) is 5.82 Å². The van der Waals surface area contributed by atoms with Crippen LogP contribution in [0, 0.1) is 5.82 Å². The van der Waals surface area contributed by atoms with E-state index in [-0.39, 0.29) is 23.4 Å². The maximum Gasteiger partial charge on any atom is 0.253 e. The summed E-state index contributed by atoms with van der Waals surface area (Å²) in [5.41, 5.74) is 2.53. The first-order valence-electron chi connectivity index (χ1n) is 8.90. The SMILES string of the molecule is CC(=O)Nc1ccc(C(=O)NCc2ccc(F)c(Cl)c2)c(N2CCOCC2)c1. The second-order valence-corrected chi connectivity index (χ2v) is 6.85. The molecular formula is C20H21ClFN3O3. The monoisotopic (exact) mass is 405 g/mol. The predicted molar refractivity (Wildman–Crippen MR) is 106 cm³/mol. The summed E-state index contributed by atoms with van der Waals surface area (Å²) >= 11 is 5.79. The Morgan fingerprint density at radius 3 is 2.61 bits per heavy atom. The number of anilines is 2. The molecule has 6 nitrogen and oxygen atoms in total. The maximum absolute atomic E-state index is 13.3. The molecule has 1 aliphatic rings. The van der Waals surface area contributed by atoms with E-state index in [4.69, 9.17) is 16.3 Å². The van der Waals surface area contributed by atoms with Crippen LogP contribution in [0.2, 0.25) is 5.02 Å². The fourth-order valence-electron chi connectivity index (χ4n) is 3.00. The van der Waals surface area contributed by atoms with Crippen molar-refractivity contribution in [3.63, 3.8) is 0 Å². The van der Waals surface area contributed by atoms with Gasteiger partial charge in [0.05, 0.1) is 29.5 Å². The molecule has 2 aromatic carbocycles. The quantitative estimate of drug-likeness (QED) is 0.801. The van der Waals surface area contributed by atoms with Crippen LogP contribution in [0.4, 0.5) is 15.8 Å². The van der Waals surface area contributed by atoms with Crippen molar-refractivity contribution in [2.24, 2.45) is 0 Å². The molecule has 8 heteroatoms. The number of ether oxygens (including phenoxy) is 1. The zero-order chi connectivity index (χ0) is 20.1. The molecule has 0 aliphatic carbocycles. The molecule has 148 valence electrons. The molecule has 1 saturated heterocycles. The second-order valence-electron chi connectivity index (χ2n) is 6.44. The van der Waals surface area contributed by atoms with Crippen LogP contribution in [0.5, 0.6) is 0 Å². The van der Waals surface area contributed by atoms with Crippen LogP contribution in [0.25, 0.3) is 0 Å². The fourth-order valence-corrected chi connectivity index (χ4v) is 3.20. The Hall–Kier alpha value is -2.64. The molecule has 1 heterocycles. The Labute approximate surface area is 167 Å². The number of nitrogens with one attached hydrogen (secondary N) is 2. The minimum atomic E-state index is -0.500. The predicted octanol–water partition coefficient (Wildman–Crippen LogP) is 3.20. The lowest BCUT2D eigenvalue weighted by atomic mass is 10.1. The second kappa shape index (κ2) is 9.03. The summed E-state index contributed by atoms with van der Waals surface area (Å²) in [5.74, 6) is -0.950. The van der Waals surface area contributed by atoms with Crippen molar-refractivity contribution in [1.82, 2.24) is 5.32 Å². The van der Waals surface area contributed by atoms with Crippen molar-refractivity contribution < 1.29 is 18.7 Å². The van der Waals surface area contributed by atoms with Gasteiger partial charge in [0.2, 0.25) is 5.91 Å². The Morgan fingerprint density at radius 1 is 1.18 bits per heavy atom. The van der Waals surface area contributed by atoms with Gasteiger partial charge in [-0.05, 0) is 35.9 Å². The summed E-state index contributed by atoms with van der Waals surface area (Å²) in [6.45, 7) is 4.09. The average Bonchev–Trinajstić information content (AvgIpc) is 2.69. The van der Waals surface area contributed by atoms with Crippen LogP contribution < -0.4 is 15.5 Å². The zero-order valence-electron chi connectivity index (χ0n) is 15.4. The first-order chi connectivity index (χ1) is 13.4.